The molecular weight excluding hydrogens is 412 g/mol. The van der Waals surface area contributed by atoms with E-state index in [4.69, 9.17) is 11.6 Å². The Morgan fingerprint density at radius 3 is 2.62 bits per heavy atom. The number of halogens is 1. The topological polar surface area (TPSA) is 96.8 Å². The number of carbonyl (C=O) groups is 1. The highest BCUT2D eigenvalue weighted by atomic mass is 35.5. The normalized spacial score (nSPS) is 16.7. The summed E-state index contributed by atoms with van der Waals surface area (Å²) in [5.74, 6) is -0.619. The number of thiazole rings is 1. The number of methoxy groups -OCH3 is 1. The highest BCUT2D eigenvalue weighted by Crippen LogP contribution is 2.26. The number of ether oxygens (including phenoxy) is 1. The van der Waals surface area contributed by atoms with Crippen molar-refractivity contribution in [2.75, 3.05) is 7.11 Å². The maximum absolute atomic E-state index is 13.0. The van der Waals surface area contributed by atoms with E-state index in [0.29, 0.717) is 15.4 Å². The van der Waals surface area contributed by atoms with E-state index in [1.165, 1.54) is 7.11 Å². The molecule has 1 aliphatic carbocycles. The molecule has 0 spiro atoms. The van der Waals surface area contributed by atoms with Crippen LogP contribution in [0.5, 0.6) is 0 Å². The Kier molecular flexibility index (Phi) is 6.96. The van der Waals surface area contributed by atoms with Crippen molar-refractivity contribution in [3.8, 4) is 6.07 Å². The van der Waals surface area contributed by atoms with Crippen LogP contribution in [0, 0.1) is 11.3 Å². The van der Waals surface area contributed by atoms with Gasteiger partial charge in [0.05, 0.1) is 12.8 Å². The lowest BCUT2D eigenvalue weighted by Gasteiger charge is -2.22. The molecule has 7 nitrogen and oxygen atoms in total. The van der Waals surface area contributed by atoms with Gasteiger partial charge in [0, 0.05) is 17.1 Å². The van der Waals surface area contributed by atoms with Crippen LogP contribution in [-0.4, -0.2) is 17.6 Å². The van der Waals surface area contributed by atoms with Crippen molar-refractivity contribution in [1.82, 2.24) is 4.57 Å². The average Bonchev–Trinajstić information content (AvgIpc) is 3.06. The van der Waals surface area contributed by atoms with Crippen LogP contribution in [0.2, 0.25) is 5.02 Å². The van der Waals surface area contributed by atoms with Crippen molar-refractivity contribution < 1.29 is 9.53 Å². The van der Waals surface area contributed by atoms with Gasteiger partial charge in [-0.1, -0.05) is 30.9 Å². The number of aromatic nitrogens is 1. The summed E-state index contributed by atoms with van der Waals surface area (Å²) >= 11 is 6.92. The zero-order valence-electron chi connectivity index (χ0n) is 15.8. The third kappa shape index (κ3) is 5.00. The number of azo groups is 1. The van der Waals surface area contributed by atoms with Gasteiger partial charge in [-0.15, -0.1) is 21.6 Å². The monoisotopic (exact) mass is 430 g/mol. The molecule has 1 fully saturated rings. The maximum Gasteiger partial charge on any atom is 0.332 e. The first-order valence-electron chi connectivity index (χ1n) is 9.16. The van der Waals surface area contributed by atoms with Crippen molar-refractivity contribution in [3.63, 3.8) is 0 Å². The summed E-state index contributed by atoms with van der Waals surface area (Å²) in [6.45, 7) is 0. The summed E-state index contributed by atoms with van der Waals surface area (Å²) in [5.41, 5.74) is 0.250. The number of nitriles is 1. The summed E-state index contributed by atoms with van der Waals surface area (Å²) in [6, 6.07) is 8.72. The van der Waals surface area contributed by atoms with Gasteiger partial charge in [0.15, 0.2) is 5.70 Å². The van der Waals surface area contributed by atoms with Crippen LogP contribution in [0.1, 0.15) is 38.1 Å². The lowest BCUT2D eigenvalue weighted by atomic mass is 9.95. The Balaban J connectivity index is 2.18. The fourth-order valence-corrected chi connectivity index (χ4v) is 4.42. The molecule has 0 atom stereocenters. The molecule has 0 unspecified atom stereocenters. The first-order chi connectivity index (χ1) is 14.0. The molecule has 3 rings (SSSR count). The van der Waals surface area contributed by atoms with Crippen molar-refractivity contribution in [2.45, 2.75) is 38.1 Å². The van der Waals surface area contributed by atoms with Crippen LogP contribution in [0.3, 0.4) is 0 Å². The second-order valence-corrected chi connectivity index (χ2v) is 8.01. The van der Waals surface area contributed by atoms with Gasteiger partial charge in [0.1, 0.15) is 15.3 Å². The average molecular weight is 431 g/mol. The van der Waals surface area contributed by atoms with E-state index in [-0.39, 0.29) is 21.8 Å². The number of benzene rings is 1. The lowest BCUT2D eigenvalue weighted by Crippen LogP contribution is -2.36. The van der Waals surface area contributed by atoms with Crippen LogP contribution in [0.25, 0.3) is 11.8 Å². The molecule has 0 radical (unpaired) electrons. The molecule has 0 aliphatic heterocycles. The van der Waals surface area contributed by atoms with Gasteiger partial charge in [0.25, 0.3) is 5.56 Å². The number of hydrogen-bond donors (Lipinski definition) is 0. The number of nitrogens with zero attached hydrogens (tertiary/aromatic N) is 4. The van der Waals surface area contributed by atoms with Crippen LogP contribution in [-0.2, 0) is 9.53 Å². The summed E-state index contributed by atoms with van der Waals surface area (Å²) in [7, 11) is 1.25. The van der Waals surface area contributed by atoms with Gasteiger partial charge in [0.2, 0.25) is 0 Å². The number of esters is 1. The van der Waals surface area contributed by atoms with E-state index >= 15 is 0 Å². The van der Waals surface area contributed by atoms with Crippen LogP contribution in [0.15, 0.2) is 39.3 Å². The Morgan fingerprint density at radius 2 is 2.00 bits per heavy atom. The van der Waals surface area contributed by atoms with Gasteiger partial charge in [-0.3, -0.25) is 9.36 Å². The van der Waals surface area contributed by atoms with E-state index in [9.17, 15) is 14.9 Å². The fourth-order valence-electron chi connectivity index (χ4n) is 3.23. The minimum atomic E-state index is -0.619. The van der Waals surface area contributed by atoms with E-state index in [1.807, 2.05) is 6.07 Å². The Hall–Kier alpha value is -2.76. The maximum atomic E-state index is 13.0. The second kappa shape index (κ2) is 9.63. The molecule has 0 bridgehead atoms. The molecule has 2 aromatic rings. The van der Waals surface area contributed by atoms with Crippen molar-refractivity contribution in [1.29, 1.82) is 5.26 Å². The Morgan fingerprint density at radius 1 is 1.31 bits per heavy atom. The van der Waals surface area contributed by atoms with E-state index < -0.39 is 5.97 Å². The van der Waals surface area contributed by atoms with E-state index in [2.05, 4.69) is 15.0 Å². The minimum absolute atomic E-state index is 0.0251. The summed E-state index contributed by atoms with van der Waals surface area (Å²) in [5, 5.41) is 18.4. The predicted molar refractivity (Wildman–Crippen MR) is 111 cm³/mol. The molecule has 150 valence electrons. The molecule has 0 saturated heterocycles. The SMILES string of the molecule is COC(=O)C=c1sc(=C(C#N)N=Nc2ccc(Cl)cc2)n(C2CCCCC2)c1=O. The molecule has 1 saturated carbocycles. The molecule has 0 amide bonds. The summed E-state index contributed by atoms with van der Waals surface area (Å²) in [6.07, 6.45) is 5.98. The Labute approximate surface area is 176 Å². The predicted octanol–water partition coefficient (Wildman–Crippen LogP) is 3.44. The molecule has 9 heteroatoms. The zero-order valence-corrected chi connectivity index (χ0v) is 17.4. The first kappa shape index (κ1) is 21.0. The largest absolute Gasteiger partial charge is 0.466 e. The number of carbonyl (C=O) groups excluding carboxylic acids is 1. The standard InChI is InChI=1S/C20H19ClN4O3S/c1-28-18(26)11-17-19(27)25(15-5-3-2-4-6-15)20(29-17)16(12-22)24-23-14-9-7-13(21)8-10-14/h7-11,15H,2-6H2,1H3. The third-order valence-corrected chi connectivity index (χ3v) is 5.99. The second-order valence-electron chi connectivity index (χ2n) is 6.54. The van der Waals surface area contributed by atoms with Crippen LogP contribution < -0.4 is 14.8 Å². The van der Waals surface area contributed by atoms with Crippen LogP contribution in [0.4, 0.5) is 5.69 Å². The quantitative estimate of drug-likeness (QED) is 0.548. The summed E-state index contributed by atoms with van der Waals surface area (Å²) in [4.78, 5) is 24.7. The highest BCUT2D eigenvalue weighted by molar-refractivity contribution is 7.07. The molecule has 0 N–H and O–H groups in total. The summed E-state index contributed by atoms with van der Waals surface area (Å²) < 4.78 is 6.86. The number of rotatable bonds is 4. The first-order valence-corrected chi connectivity index (χ1v) is 10.4. The van der Waals surface area contributed by atoms with Gasteiger partial charge in [-0.2, -0.15) is 5.26 Å². The van der Waals surface area contributed by atoms with Crippen LogP contribution >= 0.6 is 22.9 Å². The lowest BCUT2D eigenvalue weighted by molar-refractivity contribution is -0.133. The van der Waals surface area contributed by atoms with Gasteiger partial charge >= 0.3 is 5.97 Å². The third-order valence-electron chi connectivity index (χ3n) is 4.65. The number of hydrogen-bond acceptors (Lipinski definition) is 7. The smallest absolute Gasteiger partial charge is 0.332 e. The van der Waals surface area contributed by atoms with Gasteiger partial charge in [-0.05, 0) is 37.1 Å². The van der Waals surface area contributed by atoms with Crippen molar-refractivity contribution in [2.24, 2.45) is 10.2 Å². The minimum Gasteiger partial charge on any atom is -0.466 e. The molecule has 29 heavy (non-hydrogen) atoms. The molecule has 1 aliphatic rings. The highest BCUT2D eigenvalue weighted by Gasteiger charge is 2.21. The van der Waals surface area contributed by atoms with Crippen molar-refractivity contribution in [3.05, 3.63) is 48.8 Å². The molecular formula is C20H19ClN4O3S. The van der Waals surface area contributed by atoms with E-state index in [1.54, 1.807) is 28.8 Å². The fraction of sp³-hybridized carbons (Fsp3) is 0.350. The molecule has 1 aromatic heterocycles. The van der Waals surface area contributed by atoms with Gasteiger partial charge < -0.3 is 4.74 Å². The molecule has 1 aromatic carbocycles. The van der Waals surface area contributed by atoms with Gasteiger partial charge in [-0.25, -0.2) is 4.79 Å². The zero-order chi connectivity index (χ0) is 20.8. The van der Waals surface area contributed by atoms with E-state index in [0.717, 1.165) is 49.5 Å². The Bertz CT molecular complexity index is 1140. The molecule has 1 heterocycles. The van der Waals surface area contributed by atoms with Crippen molar-refractivity contribution >= 4 is 46.4 Å².